The molecule has 0 aliphatic rings. The van der Waals surface area contributed by atoms with Crippen molar-refractivity contribution in [1.29, 1.82) is 0 Å². The van der Waals surface area contributed by atoms with E-state index < -0.39 is 0 Å². The van der Waals surface area contributed by atoms with Gasteiger partial charge in [-0.25, -0.2) is 4.98 Å². The number of para-hydroxylation sites is 1. The third-order valence-corrected chi connectivity index (χ3v) is 5.83. The van der Waals surface area contributed by atoms with Crippen LogP contribution in [0.1, 0.15) is 16.1 Å². The molecule has 0 spiro atoms. The van der Waals surface area contributed by atoms with E-state index in [2.05, 4.69) is 19.1 Å². The van der Waals surface area contributed by atoms with E-state index in [1.807, 2.05) is 35.7 Å². The van der Waals surface area contributed by atoms with Gasteiger partial charge in [0.2, 0.25) is 0 Å². The van der Waals surface area contributed by atoms with Gasteiger partial charge >= 0.3 is 0 Å². The number of thiophene rings is 1. The minimum absolute atomic E-state index is 0.00827. The van der Waals surface area contributed by atoms with Gasteiger partial charge in [0, 0.05) is 13.0 Å². The van der Waals surface area contributed by atoms with Gasteiger partial charge in [-0.3, -0.25) is 9.69 Å². The SMILES string of the molecule is C[NH+](C)CCCN(C(=O)c1cccs1)c1nc2c(Cl)cccc2s1. The van der Waals surface area contributed by atoms with Crippen molar-refractivity contribution in [1.82, 2.24) is 4.98 Å². The van der Waals surface area contributed by atoms with Crippen LogP contribution in [0.15, 0.2) is 35.7 Å². The number of benzene rings is 1. The zero-order chi connectivity index (χ0) is 17.1. The van der Waals surface area contributed by atoms with Crippen molar-refractivity contribution in [3.63, 3.8) is 0 Å². The number of rotatable bonds is 6. The third kappa shape index (κ3) is 3.78. The Morgan fingerprint density at radius 3 is 2.79 bits per heavy atom. The first-order valence-corrected chi connectivity index (χ1v) is 9.83. The van der Waals surface area contributed by atoms with Crippen LogP contribution in [0.4, 0.5) is 5.13 Å². The molecular weight excluding hydrogens is 362 g/mol. The summed E-state index contributed by atoms with van der Waals surface area (Å²) in [6.07, 6.45) is 0.920. The fourth-order valence-corrected chi connectivity index (χ4v) is 4.39. The number of halogens is 1. The highest BCUT2D eigenvalue weighted by atomic mass is 35.5. The number of fused-ring (bicyclic) bond motifs is 1. The van der Waals surface area contributed by atoms with E-state index in [1.165, 1.54) is 27.6 Å². The lowest BCUT2D eigenvalue weighted by atomic mass is 10.3. The average Bonchev–Trinajstić information content (AvgIpc) is 3.20. The van der Waals surface area contributed by atoms with Gasteiger partial charge in [0.25, 0.3) is 5.91 Å². The molecular formula is C17H19ClN3OS2+. The molecule has 0 fully saturated rings. The second-order valence-electron chi connectivity index (χ2n) is 5.83. The quantitative estimate of drug-likeness (QED) is 0.713. The summed E-state index contributed by atoms with van der Waals surface area (Å²) < 4.78 is 1.000. The number of thiazole rings is 1. The number of carbonyl (C=O) groups is 1. The Kier molecular flexibility index (Phi) is 5.50. The van der Waals surface area contributed by atoms with Gasteiger partial charge in [0.05, 0.1) is 35.2 Å². The van der Waals surface area contributed by atoms with E-state index in [-0.39, 0.29) is 5.91 Å². The molecule has 2 aromatic heterocycles. The normalized spacial score (nSPS) is 11.3. The molecule has 0 aliphatic heterocycles. The van der Waals surface area contributed by atoms with Gasteiger partial charge in [0.15, 0.2) is 5.13 Å². The molecule has 3 aromatic rings. The van der Waals surface area contributed by atoms with Crippen molar-refractivity contribution < 1.29 is 9.69 Å². The fraction of sp³-hybridized carbons (Fsp3) is 0.294. The van der Waals surface area contributed by atoms with E-state index in [0.29, 0.717) is 16.7 Å². The van der Waals surface area contributed by atoms with E-state index >= 15 is 0 Å². The molecule has 3 rings (SSSR count). The van der Waals surface area contributed by atoms with Gasteiger partial charge in [0.1, 0.15) is 5.52 Å². The first-order valence-electron chi connectivity index (χ1n) is 7.75. The lowest BCUT2D eigenvalue weighted by Gasteiger charge is -2.19. The highest BCUT2D eigenvalue weighted by Crippen LogP contribution is 2.33. The molecule has 0 saturated heterocycles. The molecule has 7 heteroatoms. The zero-order valence-electron chi connectivity index (χ0n) is 13.6. The number of carbonyl (C=O) groups excluding carboxylic acids is 1. The van der Waals surface area contributed by atoms with E-state index in [0.717, 1.165) is 28.1 Å². The van der Waals surface area contributed by atoms with Crippen molar-refractivity contribution in [3.05, 3.63) is 45.6 Å². The molecule has 0 saturated carbocycles. The standard InChI is InChI=1S/C17H18ClN3OS2/c1-20(2)9-5-10-21(16(22)14-8-4-11-23-14)17-19-15-12(18)6-3-7-13(15)24-17/h3-4,6-8,11H,5,9-10H2,1-2H3/p+1. The number of amides is 1. The summed E-state index contributed by atoms with van der Waals surface area (Å²) in [4.78, 5) is 21.4. The van der Waals surface area contributed by atoms with Gasteiger partial charge in [-0.05, 0) is 23.6 Å². The topological polar surface area (TPSA) is 37.6 Å². The van der Waals surface area contributed by atoms with E-state index in [4.69, 9.17) is 11.6 Å². The van der Waals surface area contributed by atoms with Crippen LogP contribution in [0.2, 0.25) is 5.02 Å². The first-order chi connectivity index (χ1) is 11.6. The zero-order valence-corrected chi connectivity index (χ0v) is 16.0. The van der Waals surface area contributed by atoms with Gasteiger partial charge < -0.3 is 4.90 Å². The van der Waals surface area contributed by atoms with Crippen molar-refractivity contribution >= 4 is 55.5 Å². The van der Waals surface area contributed by atoms with Crippen LogP contribution >= 0.6 is 34.3 Å². The van der Waals surface area contributed by atoms with Crippen molar-refractivity contribution in [3.8, 4) is 0 Å². The number of aromatic nitrogens is 1. The molecule has 1 aromatic carbocycles. The summed E-state index contributed by atoms with van der Waals surface area (Å²) in [5.74, 6) is 0.00827. The van der Waals surface area contributed by atoms with Crippen LogP contribution in [0.3, 0.4) is 0 Å². The van der Waals surface area contributed by atoms with Crippen LogP contribution in [-0.2, 0) is 0 Å². The number of hydrogen-bond acceptors (Lipinski definition) is 4. The van der Waals surface area contributed by atoms with Crippen molar-refractivity contribution in [2.45, 2.75) is 6.42 Å². The lowest BCUT2D eigenvalue weighted by molar-refractivity contribution is -0.858. The Hall–Kier alpha value is -1.47. The number of anilines is 1. The maximum atomic E-state index is 12.9. The van der Waals surface area contributed by atoms with E-state index in [1.54, 1.807) is 4.90 Å². The second-order valence-corrected chi connectivity index (χ2v) is 8.19. The Morgan fingerprint density at radius 1 is 1.29 bits per heavy atom. The molecule has 0 bridgehead atoms. The minimum Gasteiger partial charge on any atom is -0.340 e. The molecule has 0 radical (unpaired) electrons. The summed E-state index contributed by atoms with van der Waals surface area (Å²) >= 11 is 9.21. The molecule has 1 amide bonds. The molecule has 0 atom stereocenters. The van der Waals surface area contributed by atoms with Crippen LogP contribution in [-0.4, -0.2) is 38.1 Å². The Morgan fingerprint density at radius 2 is 2.12 bits per heavy atom. The van der Waals surface area contributed by atoms with Gasteiger partial charge in [-0.15, -0.1) is 11.3 Å². The maximum absolute atomic E-state index is 12.9. The van der Waals surface area contributed by atoms with Gasteiger partial charge in [-0.1, -0.05) is 35.1 Å². The number of quaternary nitrogens is 1. The lowest BCUT2D eigenvalue weighted by Crippen LogP contribution is -3.05. The second kappa shape index (κ2) is 7.61. The van der Waals surface area contributed by atoms with E-state index in [9.17, 15) is 4.79 Å². The number of nitrogens with one attached hydrogen (secondary N) is 1. The van der Waals surface area contributed by atoms with Crippen LogP contribution in [0.25, 0.3) is 10.2 Å². The number of hydrogen-bond donors (Lipinski definition) is 1. The van der Waals surface area contributed by atoms with Crippen molar-refractivity contribution in [2.75, 3.05) is 32.1 Å². The summed E-state index contributed by atoms with van der Waals surface area (Å²) in [5.41, 5.74) is 0.765. The summed E-state index contributed by atoms with van der Waals surface area (Å²) in [7, 11) is 4.23. The largest absolute Gasteiger partial charge is 0.340 e. The van der Waals surface area contributed by atoms with Crippen LogP contribution in [0.5, 0.6) is 0 Å². The summed E-state index contributed by atoms with van der Waals surface area (Å²) in [6.45, 7) is 1.65. The number of nitrogens with zero attached hydrogens (tertiary/aromatic N) is 2. The van der Waals surface area contributed by atoms with Gasteiger partial charge in [-0.2, -0.15) is 0 Å². The third-order valence-electron chi connectivity index (χ3n) is 3.62. The van der Waals surface area contributed by atoms with Crippen LogP contribution < -0.4 is 9.80 Å². The molecule has 24 heavy (non-hydrogen) atoms. The summed E-state index contributed by atoms with van der Waals surface area (Å²) in [5, 5.41) is 3.26. The predicted molar refractivity (Wildman–Crippen MR) is 103 cm³/mol. The fourth-order valence-electron chi connectivity index (χ4n) is 2.43. The summed E-state index contributed by atoms with van der Waals surface area (Å²) in [6, 6.07) is 9.48. The predicted octanol–water partition coefficient (Wildman–Crippen LogP) is 3.19. The molecule has 4 nitrogen and oxygen atoms in total. The van der Waals surface area contributed by atoms with Crippen molar-refractivity contribution in [2.24, 2.45) is 0 Å². The molecule has 0 unspecified atom stereocenters. The molecule has 2 heterocycles. The molecule has 126 valence electrons. The maximum Gasteiger partial charge on any atom is 0.270 e. The highest BCUT2D eigenvalue weighted by Gasteiger charge is 2.22. The Bertz CT molecular complexity index is 830. The molecule has 0 aliphatic carbocycles. The Labute approximate surface area is 154 Å². The molecule has 1 N–H and O–H groups in total. The Balaban J connectivity index is 1.92. The highest BCUT2D eigenvalue weighted by molar-refractivity contribution is 7.22. The smallest absolute Gasteiger partial charge is 0.270 e. The van der Waals surface area contributed by atoms with Crippen LogP contribution in [0, 0.1) is 0 Å². The average molecular weight is 381 g/mol. The first kappa shape index (κ1) is 17.4. The monoisotopic (exact) mass is 380 g/mol. The minimum atomic E-state index is 0.00827.